The van der Waals surface area contributed by atoms with Gasteiger partial charge in [0.1, 0.15) is 12.3 Å². The number of nitrogens with one attached hydrogen (secondary N) is 1. The number of carbonyl (C=O) groups excluding carboxylic acids is 2. The zero-order valence-electron chi connectivity index (χ0n) is 17.7. The molecule has 0 spiro atoms. The molecule has 0 bridgehead atoms. The van der Waals surface area contributed by atoms with Gasteiger partial charge in [0.05, 0.1) is 12.8 Å². The topological polar surface area (TPSA) is 65.6 Å². The molecule has 31 heavy (non-hydrogen) atoms. The van der Waals surface area contributed by atoms with Crippen molar-refractivity contribution in [3.63, 3.8) is 0 Å². The van der Waals surface area contributed by atoms with Gasteiger partial charge >= 0.3 is 0 Å². The molecule has 158 valence electrons. The third-order valence-electron chi connectivity index (χ3n) is 7.28. The Morgan fingerprint density at radius 3 is 2.52 bits per heavy atom. The van der Waals surface area contributed by atoms with E-state index in [0.29, 0.717) is 6.54 Å². The van der Waals surface area contributed by atoms with E-state index in [4.69, 9.17) is 4.74 Å². The highest BCUT2D eigenvalue weighted by atomic mass is 16.5. The summed E-state index contributed by atoms with van der Waals surface area (Å²) in [6.07, 6.45) is 1.98. The van der Waals surface area contributed by atoms with Crippen LogP contribution in [-0.4, -0.2) is 52.8 Å². The zero-order valence-corrected chi connectivity index (χ0v) is 17.7. The number of piperazine rings is 1. The zero-order chi connectivity index (χ0) is 21.3. The Labute approximate surface area is 180 Å². The van der Waals surface area contributed by atoms with Gasteiger partial charge in [-0.2, -0.15) is 0 Å². The smallest absolute Gasteiger partial charge is 0.255 e. The van der Waals surface area contributed by atoms with E-state index in [-0.39, 0.29) is 30.3 Å². The minimum Gasteiger partial charge on any atom is -0.497 e. The van der Waals surface area contributed by atoms with Crippen LogP contribution in [0.2, 0.25) is 0 Å². The van der Waals surface area contributed by atoms with Crippen molar-refractivity contribution in [2.24, 2.45) is 0 Å². The number of H-pyrrole nitrogens is 1. The van der Waals surface area contributed by atoms with E-state index in [1.54, 1.807) is 12.0 Å². The van der Waals surface area contributed by atoms with Crippen LogP contribution in [0.5, 0.6) is 5.75 Å². The molecule has 2 atom stereocenters. The predicted octanol–water partition coefficient (Wildman–Crippen LogP) is 3.37. The molecule has 1 N–H and O–H groups in total. The van der Waals surface area contributed by atoms with Crippen LogP contribution in [0.1, 0.15) is 42.5 Å². The Bertz CT molecular complexity index is 1210. The Morgan fingerprint density at radius 2 is 1.81 bits per heavy atom. The lowest BCUT2D eigenvalue weighted by Gasteiger charge is -2.51. The van der Waals surface area contributed by atoms with Crippen molar-refractivity contribution < 1.29 is 14.3 Å². The average molecular weight is 415 g/mol. The van der Waals surface area contributed by atoms with Crippen LogP contribution in [-0.2, 0) is 15.1 Å². The summed E-state index contributed by atoms with van der Waals surface area (Å²) in [5.41, 5.74) is 3.08. The molecule has 1 saturated heterocycles. The first-order valence-electron chi connectivity index (χ1n) is 10.9. The van der Waals surface area contributed by atoms with Crippen LogP contribution in [0.3, 0.4) is 0 Å². The van der Waals surface area contributed by atoms with Gasteiger partial charge in [-0.15, -0.1) is 0 Å². The van der Waals surface area contributed by atoms with E-state index in [9.17, 15) is 9.59 Å². The van der Waals surface area contributed by atoms with E-state index < -0.39 is 5.54 Å². The lowest BCUT2D eigenvalue weighted by atomic mass is 9.76. The van der Waals surface area contributed by atoms with Crippen molar-refractivity contribution in [2.75, 3.05) is 20.2 Å². The molecular formula is C25H25N3O3. The van der Waals surface area contributed by atoms with Crippen LogP contribution in [0.15, 0.2) is 48.5 Å². The molecule has 1 aromatic heterocycles. The number of fused-ring (bicyclic) bond motifs is 5. The predicted molar refractivity (Wildman–Crippen MR) is 117 cm³/mol. The molecule has 2 fully saturated rings. The number of aromatic nitrogens is 1. The number of nitrogens with zero attached hydrogens (tertiary/aromatic N) is 2. The fraction of sp³-hybridized carbons (Fsp3) is 0.360. The number of benzene rings is 2. The van der Waals surface area contributed by atoms with Crippen LogP contribution in [0.4, 0.5) is 0 Å². The summed E-state index contributed by atoms with van der Waals surface area (Å²) >= 11 is 0. The second kappa shape index (κ2) is 6.36. The first-order valence-corrected chi connectivity index (χ1v) is 10.9. The standard InChI is InChI=1S/C25H25N3O3/c1-25-23-22(18-5-3-4-6-20(18)26-23)19(15-7-11-17(31-2)12-8-15)13-28(25)21(29)14-27(24(25)30)16-9-10-16/h3-8,11-12,16,19,26H,9-10,13-14H2,1-2H3/t19-,25-/m0/s1. The van der Waals surface area contributed by atoms with Crippen molar-refractivity contribution in [1.29, 1.82) is 0 Å². The van der Waals surface area contributed by atoms with Gasteiger partial charge < -0.3 is 19.5 Å². The Kier molecular flexibility index (Phi) is 3.79. The first kappa shape index (κ1) is 18.5. The van der Waals surface area contributed by atoms with E-state index >= 15 is 0 Å². The minimum atomic E-state index is -1.00. The maximum absolute atomic E-state index is 13.8. The highest BCUT2D eigenvalue weighted by molar-refractivity contribution is 6.01. The third-order valence-corrected chi connectivity index (χ3v) is 7.28. The van der Waals surface area contributed by atoms with Gasteiger partial charge in [-0.25, -0.2) is 0 Å². The number of hydrogen-bond acceptors (Lipinski definition) is 3. The largest absolute Gasteiger partial charge is 0.497 e. The van der Waals surface area contributed by atoms with E-state index in [0.717, 1.165) is 46.3 Å². The van der Waals surface area contributed by atoms with E-state index in [1.165, 1.54) is 0 Å². The van der Waals surface area contributed by atoms with Gasteiger partial charge in [0, 0.05) is 29.4 Å². The van der Waals surface area contributed by atoms with Crippen LogP contribution >= 0.6 is 0 Å². The normalized spacial score (nSPS) is 25.5. The fourth-order valence-corrected chi connectivity index (χ4v) is 5.45. The molecule has 6 heteroatoms. The molecule has 6 rings (SSSR count). The fourth-order valence-electron chi connectivity index (χ4n) is 5.45. The molecular weight excluding hydrogens is 390 g/mol. The summed E-state index contributed by atoms with van der Waals surface area (Å²) in [6, 6.07) is 16.4. The molecule has 3 heterocycles. The van der Waals surface area contributed by atoms with Crippen LogP contribution in [0, 0.1) is 0 Å². The number of methoxy groups -OCH3 is 1. The SMILES string of the molecule is COc1ccc([C@@H]2CN3C(=O)CN(C4CC4)C(=O)[C@]3(C)c3[nH]c4ccccc4c32)cc1. The summed E-state index contributed by atoms with van der Waals surface area (Å²) in [5.74, 6) is 0.842. The second-order valence-corrected chi connectivity index (χ2v) is 9.03. The van der Waals surface area contributed by atoms with Gasteiger partial charge in [0.2, 0.25) is 5.91 Å². The molecule has 2 aliphatic heterocycles. The molecule has 0 unspecified atom stereocenters. The third kappa shape index (κ3) is 2.51. The highest BCUT2D eigenvalue weighted by Gasteiger charge is 2.58. The maximum Gasteiger partial charge on any atom is 0.255 e. The monoisotopic (exact) mass is 415 g/mol. The first-order chi connectivity index (χ1) is 15.0. The van der Waals surface area contributed by atoms with Crippen LogP contribution in [0.25, 0.3) is 10.9 Å². The summed E-state index contributed by atoms with van der Waals surface area (Å²) in [7, 11) is 1.66. The van der Waals surface area contributed by atoms with Gasteiger partial charge in [-0.3, -0.25) is 9.59 Å². The molecule has 3 aromatic rings. The lowest BCUT2D eigenvalue weighted by molar-refractivity contribution is -0.166. The van der Waals surface area contributed by atoms with E-state index in [1.807, 2.05) is 42.2 Å². The summed E-state index contributed by atoms with van der Waals surface area (Å²) in [4.78, 5) is 34.2. The molecule has 1 saturated carbocycles. The quantitative estimate of drug-likeness (QED) is 0.713. The van der Waals surface area contributed by atoms with E-state index in [2.05, 4.69) is 23.2 Å². The van der Waals surface area contributed by atoms with Crippen molar-refractivity contribution in [3.05, 3.63) is 65.4 Å². The van der Waals surface area contributed by atoms with Crippen molar-refractivity contribution in [2.45, 2.75) is 37.3 Å². The molecule has 2 amide bonds. The number of carbonyl (C=O) groups is 2. The van der Waals surface area contributed by atoms with Gasteiger partial charge in [0.25, 0.3) is 5.91 Å². The molecule has 0 radical (unpaired) electrons. The summed E-state index contributed by atoms with van der Waals surface area (Å²) < 4.78 is 5.33. The van der Waals surface area contributed by atoms with Gasteiger partial charge in [0.15, 0.2) is 5.54 Å². The number of aromatic amines is 1. The van der Waals surface area contributed by atoms with Crippen molar-refractivity contribution in [3.8, 4) is 5.75 Å². The number of hydrogen-bond donors (Lipinski definition) is 1. The molecule has 2 aromatic carbocycles. The summed E-state index contributed by atoms with van der Waals surface area (Å²) in [5, 5.41) is 1.11. The lowest BCUT2D eigenvalue weighted by Crippen LogP contribution is -2.67. The Balaban J connectivity index is 1.57. The average Bonchev–Trinajstić information content (AvgIpc) is 3.56. The molecule has 3 aliphatic rings. The Morgan fingerprint density at radius 1 is 1.06 bits per heavy atom. The number of amides is 2. The summed E-state index contributed by atoms with van der Waals surface area (Å²) in [6.45, 7) is 2.59. The van der Waals surface area contributed by atoms with Gasteiger partial charge in [-0.05, 0) is 49.1 Å². The minimum absolute atomic E-state index is 0.0191. The van der Waals surface area contributed by atoms with Crippen molar-refractivity contribution >= 4 is 22.7 Å². The number of rotatable bonds is 3. The van der Waals surface area contributed by atoms with Gasteiger partial charge in [-0.1, -0.05) is 30.3 Å². The van der Waals surface area contributed by atoms with Crippen LogP contribution < -0.4 is 4.74 Å². The maximum atomic E-state index is 13.8. The second-order valence-electron chi connectivity index (χ2n) is 9.03. The van der Waals surface area contributed by atoms with Crippen molar-refractivity contribution in [1.82, 2.24) is 14.8 Å². The Hall–Kier alpha value is -3.28. The highest BCUT2D eigenvalue weighted by Crippen LogP contribution is 2.49. The molecule has 1 aliphatic carbocycles. The number of ether oxygens (including phenoxy) is 1. The molecule has 6 nitrogen and oxygen atoms in total. The number of para-hydroxylation sites is 1.